The monoisotopic (exact) mass is 158 g/mol. The molecule has 0 radical (unpaired) electrons. The van der Waals surface area contributed by atoms with Gasteiger partial charge in [0, 0.05) is 23.7 Å². The molecule has 0 saturated carbocycles. The molecule has 0 amide bonds. The Kier molecular flexibility index (Phi) is 1.67. The first-order chi connectivity index (χ1) is 5.86. The first kappa shape index (κ1) is 7.10. The molecule has 2 rings (SSSR count). The van der Waals surface area contributed by atoms with Crippen molar-refractivity contribution < 1.29 is 0 Å². The third-order valence-electron chi connectivity index (χ3n) is 1.79. The molecule has 2 aromatic heterocycles. The number of nitrogens with one attached hydrogen (secondary N) is 1. The SMILES string of the molecule is Cc1cc(-c2ccccn2)c[nH]1. The third-order valence-corrected chi connectivity index (χ3v) is 1.79. The van der Waals surface area contributed by atoms with E-state index in [0.717, 1.165) is 17.0 Å². The second kappa shape index (κ2) is 2.81. The Hall–Kier alpha value is -1.57. The minimum Gasteiger partial charge on any atom is -0.365 e. The maximum atomic E-state index is 4.24. The van der Waals surface area contributed by atoms with Gasteiger partial charge in [0.1, 0.15) is 0 Å². The summed E-state index contributed by atoms with van der Waals surface area (Å²) in [7, 11) is 0. The predicted molar refractivity (Wildman–Crippen MR) is 48.8 cm³/mol. The number of hydrogen-bond donors (Lipinski definition) is 1. The van der Waals surface area contributed by atoms with E-state index in [0.29, 0.717) is 0 Å². The van der Waals surface area contributed by atoms with Crippen LogP contribution in [0.4, 0.5) is 0 Å². The molecule has 0 fully saturated rings. The van der Waals surface area contributed by atoms with E-state index < -0.39 is 0 Å². The fourth-order valence-electron chi connectivity index (χ4n) is 1.19. The van der Waals surface area contributed by atoms with Crippen LogP contribution < -0.4 is 0 Å². The number of nitrogens with zero attached hydrogens (tertiary/aromatic N) is 1. The Bertz CT molecular complexity index is 362. The van der Waals surface area contributed by atoms with Gasteiger partial charge in [0.05, 0.1) is 5.69 Å². The van der Waals surface area contributed by atoms with Crippen molar-refractivity contribution in [1.82, 2.24) is 9.97 Å². The molecule has 0 aliphatic carbocycles. The van der Waals surface area contributed by atoms with E-state index in [1.54, 1.807) is 6.20 Å². The number of aryl methyl sites for hydroxylation is 1. The summed E-state index contributed by atoms with van der Waals surface area (Å²) in [5.41, 5.74) is 3.32. The molecule has 12 heavy (non-hydrogen) atoms. The van der Waals surface area contributed by atoms with Gasteiger partial charge in [-0.3, -0.25) is 4.98 Å². The highest BCUT2D eigenvalue weighted by atomic mass is 14.7. The van der Waals surface area contributed by atoms with Crippen LogP contribution in [0.1, 0.15) is 5.69 Å². The zero-order chi connectivity index (χ0) is 8.39. The molecule has 0 aliphatic heterocycles. The number of H-pyrrole nitrogens is 1. The van der Waals surface area contributed by atoms with Crippen LogP contribution in [-0.4, -0.2) is 9.97 Å². The molecular formula is C10H10N2. The van der Waals surface area contributed by atoms with Gasteiger partial charge in [0.15, 0.2) is 0 Å². The van der Waals surface area contributed by atoms with Gasteiger partial charge in [-0.2, -0.15) is 0 Å². The molecule has 1 N–H and O–H groups in total. The molecule has 0 atom stereocenters. The second-order valence-corrected chi connectivity index (χ2v) is 2.79. The summed E-state index contributed by atoms with van der Waals surface area (Å²) in [4.78, 5) is 7.37. The fraction of sp³-hybridized carbons (Fsp3) is 0.100. The number of hydrogen-bond acceptors (Lipinski definition) is 1. The lowest BCUT2D eigenvalue weighted by Crippen LogP contribution is -1.76. The summed E-state index contributed by atoms with van der Waals surface area (Å²) in [5, 5.41) is 0. The van der Waals surface area contributed by atoms with Gasteiger partial charge in [0.25, 0.3) is 0 Å². The molecule has 0 aliphatic rings. The van der Waals surface area contributed by atoms with Crippen LogP contribution >= 0.6 is 0 Å². The standard InChI is InChI=1S/C10H10N2/c1-8-6-9(7-12-8)10-4-2-3-5-11-10/h2-7,12H,1H3. The zero-order valence-electron chi connectivity index (χ0n) is 6.91. The lowest BCUT2D eigenvalue weighted by Gasteiger charge is -1.92. The van der Waals surface area contributed by atoms with Crippen LogP contribution in [0.15, 0.2) is 36.7 Å². The van der Waals surface area contributed by atoms with Crippen molar-refractivity contribution in [2.45, 2.75) is 6.92 Å². The predicted octanol–water partition coefficient (Wildman–Crippen LogP) is 2.39. The van der Waals surface area contributed by atoms with Gasteiger partial charge in [-0.25, -0.2) is 0 Å². The van der Waals surface area contributed by atoms with E-state index in [2.05, 4.69) is 16.0 Å². The average Bonchev–Trinajstić information content (AvgIpc) is 2.54. The van der Waals surface area contributed by atoms with Crippen molar-refractivity contribution in [2.75, 3.05) is 0 Å². The molecule has 0 aromatic carbocycles. The van der Waals surface area contributed by atoms with Crippen molar-refractivity contribution in [3.8, 4) is 11.3 Å². The van der Waals surface area contributed by atoms with Crippen molar-refractivity contribution in [3.05, 3.63) is 42.4 Å². The molecule has 0 saturated heterocycles. The fourth-order valence-corrected chi connectivity index (χ4v) is 1.19. The van der Waals surface area contributed by atoms with Gasteiger partial charge < -0.3 is 4.98 Å². The topological polar surface area (TPSA) is 28.7 Å². The van der Waals surface area contributed by atoms with Crippen molar-refractivity contribution in [3.63, 3.8) is 0 Å². The summed E-state index contributed by atoms with van der Waals surface area (Å²) < 4.78 is 0. The Balaban J connectivity index is 2.45. The van der Waals surface area contributed by atoms with Crippen molar-refractivity contribution >= 4 is 0 Å². The summed E-state index contributed by atoms with van der Waals surface area (Å²) in [5.74, 6) is 0. The van der Waals surface area contributed by atoms with Gasteiger partial charge in [-0.1, -0.05) is 6.07 Å². The summed E-state index contributed by atoms with van der Waals surface area (Å²) >= 11 is 0. The summed E-state index contributed by atoms with van der Waals surface area (Å²) in [6, 6.07) is 8.00. The van der Waals surface area contributed by atoms with E-state index in [-0.39, 0.29) is 0 Å². The quantitative estimate of drug-likeness (QED) is 0.678. The molecule has 2 heterocycles. The smallest absolute Gasteiger partial charge is 0.0717 e. The number of aromatic nitrogens is 2. The highest BCUT2D eigenvalue weighted by molar-refractivity contribution is 5.58. The molecule has 2 aromatic rings. The highest BCUT2D eigenvalue weighted by Crippen LogP contribution is 2.16. The lowest BCUT2D eigenvalue weighted by atomic mass is 10.2. The Morgan fingerprint density at radius 2 is 2.25 bits per heavy atom. The van der Waals surface area contributed by atoms with Crippen LogP contribution in [0.2, 0.25) is 0 Å². The second-order valence-electron chi connectivity index (χ2n) is 2.79. The number of aromatic amines is 1. The normalized spacial score (nSPS) is 10.1. The lowest BCUT2D eigenvalue weighted by molar-refractivity contribution is 1.26. The van der Waals surface area contributed by atoms with E-state index in [1.807, 2.05) is 31.3 Å². The average molecular weight is 158 g/mol. The van der Waals surface area contributed by atoms with Gasteiger partial charge in [-0.05, 0) is 25.1 Å². The molecule has 0 bridgehead atoms. The Morgan fingerprint density at radius 1 is 1.33 bits per heavy atom. The first-order valence-corrected chi connectivity index (χ1v) is 3.93. The maximum Gasteiger partial charge on any atom is 0.0717 e. The van der Waals surface area contributed by atoms with Crippen LogP contribution in [0, 0.1) is 6.92 Å². The molecule has 2 heteroatoms. The zero-order valence-corrected chi connectivity index (χ0v) is 6.91. The minimum atomic E-state index is 1.02. The van der Waals surface area contributed by atoms with Gasteiger partial charge in [-0.15, -0.1) is 0 Å². The molecular weight excluding hydrogens is 148 g/mol. The van der Waals surface area contributed by atoms with Gasteiger partial charge in [0.2, 0.25) is 0 Å². The van der Waals surface area contributed by atoms with E-state index in [4.69, 9.17) is 0 Å². The highest BCUT2D eigenvalue weighted by Gasteiger charge is 1.98. The number of rotatable bonds is 1. The van der Waals surface area contributed by atoms with Crippen molar-refractivity contribution in [2.24, 2.45) is 0 Å². The van der Waals surface area contributed by atoms with E-state index >= 15 is 0 Å². The third kappa shape index (κ3) is 1.23. The molecule has 2 nitrogen and oxygen atoms in total. The Labute approximate surface area is 71.3 Å². The van der Waals surface area contributed by atoms with Gasteiger partial charge >= 0.3 is 0 Å². The summed E-state index contributed by atoms with van der Waals surface area (Å²) in [6.07, 6.45) is 3.77. The van der Waals surface area contributed by atoms with Crippen LogP contribution in [0.5, 0.6) is 0 Å². The first-order valence-electron chi connectivity index (χ1n) is 3.93. The minimum absolute atomic E-state index is 1.02. The molecule has 0 unspecified atom stereocenters. The van der Waals surface area contributed by atoms with Crippen LogP contribution in [0.25, 0.3) is 11.3 Å². The molecule has 0 spiro atoms. The van der Waals surface area contributed by atoms with E-state index in [9.17, 15) is 0 Å². The van der Waals surface area contributed by atoms with Crippen LogP contribution in [-0.2, 0) is 0 Å². The number of pyridine rings is 1. The van der Waals surface area contributed by atoms with Crippen molar-refractivity contribution in [1.29, 1.82) is 0 Å². The largest absolute Gasteiger partial charge is 0.365 e. The van der Waals surface area contributed by atoms with Crippen LogP contribution in [0.3, 0.4) is 0 Å². The molecule has 60 valence electrons. The maximum absolute atomic E-state index is 4.24. The Morgan fingerprint density at radius 3 is 2.83 bits per heavy atom. The van der Waals surface area contributed by atoms with E-state index in [1.165, 1.54) is 0 Å². The summed E-state index contributed by atoms with van der Waals surface area (Å²) in [6.45, 7) is 2.03.